The summed E-state index contributed by atoms with van der Waals surface area (Å²) in [5.74, 6) is 0.156. The maximum Gasteiger partial charge on any atom is 0.220 e. The second-order valence-electron chi connectivity index (χ2n) is 6.91. The fourth-order valence-electron chi connectivity index (χ4n) is 3.76. The van der Waals surface area contributed by atoms with Gasteiger partial charge in [-0.3, -0.25) is 9.69 Å². The molecular weight excluding hydrogens is 304 g/mol. The van der Waals surface area contributed by atoms with Gasteiger partial charge in [0, 0.05) is 38.2 Å². The second-order valence-corrected chi connectivity index (χ2v) is 6.91. The van der Waals surface area contributed by atoms with E-state index in [2.05, 4.69) is 22.3 Å². The summed E-state index contributed by atoms with van der Waals surface area (Å²) in [4.78, 5) is 14.6. The predicted molar refractivity (Wildman–Crippen MR) is 92.7 cm³/mol. The lowest BCUT2D eigenvalue weighted by Gasteiger charge is -2.34. The second kappa shape index (κ2) is 8.60. The Morgan fingerprint density at radius 1 is 1.29 bits per heavy atom. The van der Waals surface area contributed by atoms with Crippen molar-refractivity contribution in [3.05, 3.63) is 35.9 Å². The van der Waals surface area contributed by atoms with Gasteiger partial charge in [-0.1, -0.05) is 30.3 Å². The average Bonchev–Trinajstić information content (AvgIpc) is 2.97. The van der Waals surface area contributed by atoms with Crippen LogP contribution in [0.25, 0.3) is 0 Å². The standard InChI is InChI=1S/C19H28N2O3/c22-10-9-18-13-21-12-16(11-17(21)14-24-18)20-19(23)8-4-7-15-5-2-1-3-6-15/h1-3,5-6,16-18,22H,4,7-14H2,(H,20,23)/t16-,17-,18-/m0/s1. The molecule has 0 saturated carbocycles. The van der Waals surface area contributed by atoms with Gasteiger partial charge in [-0.05, 0) is 31.2 Å². The van der Waals surface area contributed by atoms with Gasteiger partial charge in [-0.15, -0.1) is 0 Å². The van der Waals surface area contributed by atoms with Gasteiger partial charge in [0.15, 0.2) is 0 Å². The molecule has 3 rings (SSSR count). The third-order valence-corrected chi connectivity index (χ3v) is 5.02. The zero-order valence-electron chi connectivity index (χ0n) is 14.2. The molecule has 0 radical (unpaired) electrons. The van der Waals surface area contributed by atoms with Crippen LogP contribution in [0.2, 0.25) is 0 Å². The van der Waals surface area contributed by atoms with Crippen LogP contribution >= 0.6 is 0 Å². The Balaban J connectivity index is 1.37. The fourth-order valence-corrected chi connectivity index (χ4v) is 3.76. The molecular formula is C19H28N2O3. The number of rotatable bonds is 7. The lowest BCUT2D eigenvalue weighted by molar-refractivity contribution is -0.121. The number of nitrogens with zero attached hydrogens (tertiary/aromatic N) is 1. The van der Waals surface area contributed by atoms with Crippen LogP contribution in [0.5, 0.6) is 0 Å². The minimum Gasteiger partial charge on any atom is -0.396 e. The number of ether oxygens (including phenoxy) is 1. The van der Waals surface area contributed by atoms with E-state index in [0.29, 0.717) is 25.5 Å². The third kappa shape index (κ3) is 4.79. The molecule has 1 aromatic carbocycles. The lowest BCUT2D eigenvalue weighted by atomic mass is 10.1. The van der Waals surface area contributed by atoms with Gasteiger partial charge in [0.2, 0.25) is 5.91 Å². The monoisotopic (exact) mass is 332 g/mol. The number of aryl methyl sites for hydroxylation is 1. The molecule has 132 valence electrons. The van der Waals surface area contributed by atoms with Crippen molar-refractivity contribution in [3.63, 3.8) is 0 Å². The zero-order valence-corrected chi connectivity index (χ0v) is 14.2. The summed E-state index contributed by atoms with van der Waals surface area (Å²) >= 11 is 0. The highest BCUT2D eigenvalue weighted by atomic mass is 16.5. The van der Waals surface area contributed by atoms with Gasteiger partial charge in [-0.25, -0.2) is 0 Å². The van der Waals surface area contributed by atoms with E-state index >= 15 is 0 Å². The summed E-state index contributed by atoms with van der Waals surface area (Å²) in [6.07, 6.45) is 4.21. The summed E-state index contributed by atoms with van der Waals surface area (Å²) in [5.41, 5.74) is 1.29. The molecule has 0 aromatic heterocycles. The van der Waals surface area contributed by atoms with Crippen LogP contribution in [0.15, 0.2) is 30.3 Å². The summed E-state index contributed by atoms with van der Waals surface area (Å²) in [5, 5.41) is 12.2. The molecule has 0 unspecified atom stereocenters. The number of aliphatic hydroxyl groups excluding tert-OH is 1. The van der Waals surface area contributed by atoms with Gasteiger partial charge in [0.05, 0.1) is 12.7 Å². The normalized spacial score (nSPS) is 27.0. The average molecular weight is 332 g/mol. The Kier molecular flexibility index (Phi) is 6.24. The lowest BCUT2D eigenvalue weighted by Crippen LogP contribution is -2.46. The number of aliphatic hydroxyl groups is 1. The van der Waals surface area contributed by atoms with E-state index in [1.165, 1.54) is 5.56 Å². The Morgan fingerprint density at radius 3 is 2.92 bits per heavy atom. The van der Waals surface area contributed by atoms with Crippen LogP contribution in [-0.4, -0.2) is 60.4 Å². The molecule has 3 atom stereocenters. The highest BCUT2D eigenvalue weighted by Crippen LogP contribution is 2.24. The van der Waals surface area contributed by atoms with Gasteiger partial charge < -0.3 is 15.2 Å². The van der Waals surface area contributed by atoms with E-state index in [9.17, 15) is 4.79 Å². The number of amides is 1. The van der Waals surface area contributed by atoms with Crippen molar-refractivity contribution in [1.82, 2.24) is 10.2 Å². The van der Waals surface area contributed by atoms with E-state index in [-0.39, 0.29) is 24.7 Å². The quantitative estimate of drug-likeness (QED) is 0.791. The number of hydrogen-bond acceptors (Lipinski definition) is 4. The van der Waals surface area contributed by atoms with E-state index in [1.807, 2.05) is 18.2 Å². The highest BCUT2D eigenvalue weighted by molar-refractivity contribution is 5.76. The Hall–Kier alpha value is -1.43. The predicted octanol–water partition coefficient (Wildman–Crippen LogP) is 1.35. The van der Waals surface area contributed by atoms with E-state index in [0.717, 1.165) is 32.4 Å². The number of nitrogens with one attached hydrogen (secondary N) is 1. The molecule has 2 aliphatic heterocycles. The van der Waals surface area contributed by atoms with Crippen molar-refractivity contribution in [2.24, 2.45) is 0 Å². The molecule has 0 aliphatic carbocycles. The maximum absolute atomic E-state index is 12.2. The first kappa shape index (κ1) is 17.4. The Morgan fingerprint density at radius 2 is 2.12 bits per heavy atom. The molecule has 1 aromatic rings. The van der Waals surface area contributed by atoms with Crippen LogP contribution in [0.1, 0.15) is 31.2 Å². The highest BCUT2D eigenvalue weighted by Gasteiger charge is 2.37. The molecule has 0 bridgehead atoms. The number of fused-ring (bicyclic) bond motifs is 1. The number of morpholine rings is 1. The molecule has 2 heterocycles. The number of carbonyl (C=O) groups excluding carboxylic acids is 1. The number of carbonyl (C=O) groups is 1. The van der Waals surface area contributed by atoms with Crippen LogP contribution in [-0.2, 0) is 16.0 Å². The van der Waals surface area contributed by atoms with Crippen LogP contribution in [0.3, 0.4) is 0 Å². The number of benzene rings is 1. The smallest absolute Gasteiger partial charge is 0.220 e. The van der Waals surface area contributed by atoms with Crippen molar-refractivity contribution in [2.75, 3.05) is 26.3 Å². The number of hydrogen-bond donors (Lipinski definition) is 2. The fraction of sp³-hybridized carbons (Fsp3) is 0.632. The van der Waals surface area contributed by atoms with E-state index < -0.39 is 0 Å². The first-order chi connectivity index (χ1) is 11.7. The molecule has 1 amide bonds. The topological polar surface area (TPSA) is 61.8 Å². The van der Waals surface area contributed by atoms with Crippen LogP contribution in [0.4, 0.5) is 0 Å². The van der Waals surface area contributed by atoms with Crippen molar-refractivity contribution >= 4 is 5.91 Å². The van der Waals surface area contributed by atoms with Crippen LogP contribution in [0, 0.1) is 0 Å². The van der Waals surface area contributed by atoms with Gasteiger partial charge in [-0.2, -0.15) is 0 Å². The molecule has 2 fully saturated rings. The molecule has 2 N–H and O–H groups in total. The summed E-state index contributed by atoms with van der Waals surface area (Å²) in [7, 11) is 0. The SMILES string of the molecule is O=C(CCCc1ccccc1)N[C@H]1C[C@H]2CO[C@@H](CCO)CN2C1. The van der Waals surface area contributed by atoms with Crippen molar-refractivity contribution in [1.29, 1.82) is 0 Å². The minimum absolute atomic E-state index is 0.131. The zero-order chi connectivity index (χ0) is 16.8. The molecule has 5 heteroatoms. The Labute approximate surface area is 144 Å². The molecule has 2 saturated heterocycles. The Bertz CT molecular complexity index is 523. The summed E-state index contributed by atoms with van der Waals surface area (Å²) in [6, 6.07) is 10.9. The van der Waals surface area contributed by atoms with Crippen molar-refractivity contribution in [3.8, 4) is 0 Å². The third-order valence-electron chi connectivity index (χ3n) is 5.02. The van der Waals surface area contributed by atoms with Crippen molar-refractivity contribution < 1.29 is 14.6 Å². The van der Waals surface area contributed by atoms with Gasteiger partial charge >= 0.3 is 0 Å². The van der Waals surface area contributed by atoms with Gasteiger partial charge in [0.25, 0.3) is 0 Å². The van der Waals surface area contributed by atoms with Crippen LogP contribution < -0.4 is 5.32 Å². The summed E-state index contributed by atoms with van der Waals surface area (Å²) in [6.45, 7) is 2.65. The van der Waals surface area contributed by atoms with Crippen molar-refractivity contribution in [2.45, 2.75) is 50.3 Å². The molecule has 5 nitrogen and oxygen atoms in total. The van der Waals surface area contributed by atoms with Gasteiger partial charge in [0.1, 0.15) is 0 Å². The molecule has 24 heavy (non-hydrogen) atoms. The molecule has 0 spiro atoms. The van der Waals surface area contributed by atoms with E-state index in [1.54, 1.807) is 0 Å². The summed E-state index contributed by atoms with van der Waals surface area (Å²) < 4.78 is 5.79. The first-order valence-corrected chi connectivity index (χ1v) is 9.04. The maximum atomic E-state index is 12.2. The first-order valence-electron chi connectivity index (χ1n) is 9.04. The largest absolute Gasteiger partial charge is 0.396 e. The minimum atomic E-state index is 0.131. The molecule has 2 aliphatic rings. The van der Waals surface area contributed by atoms with E-state index in [4.69, 9.17) is 9.84 Å².